The maximum absolute atomic E-state index is 10.5. The van der Waals surface area contributed by atoms with Gasteiger partial charge in [-0.15, -0.1) is 0 Å². The fraction of sp³-hybridized carbons (Fsp3) is 0.188. The highest BCUT2D eigenvalue weighted by molar-refractivity contribution is 9.10. The van der Waals surface area contributed by atoms with Crippen LogP contribution in [0.4, 0.5) is 0 Å². The normalized spacial score (nSPS) is 10.4. The van der Waals surface area contributed by atoms with E-state index >= 15 is 0 Å². The summed E-state index contributed by atoms with van der Waals surface area (Å²) in [6, 6.07) is 16.5. The molecule has 0 unspecified atom stereocenters. The number of hydrogen-bond acceptors (Lipinski definition) is 1. The Hall–Kier alpha value is -1.61. The molecule has 0 spiro atoms. The highest BCUT2D eigenvalue weighted by Gasteiger charge is 2.00. The van der Waals surface area contributed by atoms with Crippen LogP contribution in [0.25, 0.3) is 11.1 Å². The SMILES string of the molecule is O=C(O)CCCc1ccc(-c2ccc(Br)cc2)cc1. The molecule has 0 heterocycles. The zero-order valence-electron chi connectivity index (χ0n) is 10.5. The van der Waals surface area contributed by atoms with Gasteiger partial charge >= 0.3 is 5.97 Å². The predicted molar refractivity (Wildman–Crippen MR) is 80.2 cm³/mol. The molecule has 19 heavy (non-hydrogen) atoms. The average Bonchev–Trinajstić information content (AvgIpc) is 2.40. The summed E-state index contributed by atoms with van der Waals surface area (Å²) in [4.78, 5) is 10.5. The summed E-state index contributed by atoms with van der Waals surface area (Å²) in [6.07, 6.45) is 1.73. The van der Waals surface area contributed by atoms with Crippen molar-refractivity contribution in [2.75, 3.05) is 0 Å². The molecule has 0 atom stereocenters. The molecule has 0 saturated carbocycles. The van der Waals surface area contributed by atoms with Crippen molar-refractivity contribution in [2.24, 2.45) is 0 Å². The van der Waals surface area contributed by atoms with E-state index in [9.17, 15) is 4.79 Å². The Bertz CT molecular complexity index is 544. The van der Waals surface area contributed by atoms with E-state index in [0.29, 0.717) is 6.42 Å². The summed E-state index contributed by atoms with van der Waals surface area (Å²) < 4.78 is 1.07. The van der Waals surface area contributed by atoms with Gasteiger partial charge in [0.1, 0.15) is 0 Å². The lowest BCUT2D eigenvalue weighted by molar-refractivity contribution is -0.137. The Morgan fingerprint density at radius 2 is 1.47 bits per heavy atom. The number of aliphatic carboxylic acids is 1. The quantitative estimate of drug-likeness (QED) is 0.879. The number of aryl methyl sites for hydroxylation is 1. The number of hydrogen-bond donors (Lipinski definition) is 1. The lowest BCUT2D eigenvalue weighted by Crippen LogP contribution is -1.95. The molecule has 0 aliphatic rings. The van der Waals surface area contributed by atoms with Gasteiger partial charge in [0.2, 0.25) is 0 Å². The summed E-state index contributed by atoms with van der Waals surface area (Å²) in [7, 11) is 0. The van der Waals surface area contributed by atoms with Crippen LogP contribution in [-0.4, -0.2) is 11.1 Å². The zero-order chi connectivity index (χ0) is 13.7. The molecule has 2 aromatic carbocycles. The van der Waals surface area contributed by atoms with E-state index in [1.807, 2.05) is 12.1 Å². The third-order valence-electron chi connectivity index (χ3n) is 2.99. The molecule has 1 N–H and O–H groups in total. The van der Waals surface area contributed by atoms with Crippen molar-refractivity contribution in [3.8, 4) is 11.1 Å². The summed E-state index contributed by atoms with van der Waals surface area (Å²) >= 11 is 3.42. The Morgan fingerprint density at radius 3 is 2.00 bits per heavy atom. The Labute approximate surface area is 121 Å². The lowest BCUT2D eigenvalue weighted by Gasteiger charge is -2.04. The Morgan fingerprint density at radius 1 is 0.947 bits per heavy atom. The Balaban J connectivity index is 2.02. The molecule has 0 aliphatic heterocycles. The van der Waals surface area contributed by atoms with Crippen LogP contribution in [0.2, 0.25) is 0 Å². The average molecular weight is 319 g/mol. The monoisotopic (exact) mass is 318 g/mol. The van der Waals surface area contributed by atoms with Crippen molar-refractivity contribution in [3.63, 3.8) is 0 Å². The van der Waals surface area contributed by atoms with Crippen LogP contribution in [0.15, 0.2) is 53.0 Å². The van der Waals surface area contributed by atoms with Gasteiger partial charge in [0.15, 0.2) is 0 Å². The van der Waals surface area contributed by atoms with Crippen LogP contribution >= 0.6 is 15.9 Å². The van der Waals surface area contributed by atoms with Crippen LogP contribution in [0.5, 0.6) is 0 Å². The van der Waals surface area contributed by atoms with Crippen molar-refractivity contribution < 1.29 is 9.90 Å². The minimum absolute atomic E-state index is 0.231. The van der Waals surface area contributed by atoms with Crippen LogP contribution < -0.4 is 0 Å². The topological polar surface area (TPSA) is 37.3 Å². The van der Waals surface area contributed by atoms with Gasteiger partial charge in [-0.1, -0.05) is 52.3 Å². The fourth-order valence-electron chi connectivity index (χ4n) is 1.95. The van der Waals surface area contributed by atoms with Crippen LogP contribution in [0.3, 0.4) is 0 Å². The number of carboxylic acids is 1. The molecule has 0 bridgehead atoms. The maximum atomic E-state index is 10.5. The summed E-state index contributed by atoms with van der Waals surface area (Å²) in [5.74, 6) is -0.730. The summed E-state index contributed by atoms with van der Waals surface area (Å²) in [5, 5.41) is 8.60. The minimum Gasteiger partial charge on any atom is -0.481 e. The second-order valence-corrected chi connectivity index (χ2v) is 5.37. The minimum atomic E-state index is -0.730. The van der Waals surface area contributed by atoms with E-state index in [1.54, 1.807) is 0 Å². The van der Waals surface area contributed by atoms with Crippen molar-refractivity contribution in [1.29, 1.82) is 0 Å². The molecule has 3 heteroatoms. The van der Waals surface area contributed by atoms with Crippen molar-refractivity contribution in [1.82, 2.24) is 0 Å². The molecule has 98 valence electrons. The predicted octanol–water partition coefficient (Wildman–Crippen LogP) is 4.52. The first kappa shape index (κ1) is 13.8. The van der Waals surface area contributed by atoms with E-state index in [0.717, 1.165) is 10.9 Å². The van der Waals surface area contributed by atoms with Crippen LogP contribution in [-0.2, 0) is 11.2 Å². The number of carboxylic acid groups (broad SMARTS) is 1. The second-order valence-electron chi connectivity index (χ2n) is 4.45. The fourth-order valence-corrected chi connectivity index (χ4v) is 2.21. The molecule has 2 aromatic rings. The maximum Gasteiger partial charge on any atom is 0.303 e. The zero-order valence-corrected chi connectivity index (χ0v) is 12.1. The summed E-state index contributed by atoms with van der Waals surface area (Å²) in [5.41, 5.74) is 3.54. The highest BCUT2D eigenvalue weighted by atomic mass is 79.9. The van der Waals surface area contributed by atoms with Gasteiger partial charge in [-0.3, -0.25) is 4.79 Å². The number of carbonyl (C=O) groups is 1. The number of halogens is 1. The first-order valence-electron chi connectivity index (χ1n) is 6.22. The largest absolute Gasteiger partial charge is 0.481 e. The molecular formula is C16H15BrO2. The number of rotatable bonds is 5. The van der Waals surface area contributed by atoms with Crippen molar-refractivity contribution >= 4 is 21.9 Å². The molecule has 0 aliphatic carbocycles. The third-order valence-corrected chi connectivity index (χ3v) is 3.52. The smallest absolute Gasteiger partial charge is 0.303 e. The molecule has 0 saturated heterocycles. The molecule has 2 rings (SSSR count). The lowest BCUT2D eigenvalue weighted by atomic mass is 10.0. The first-order valence-corrected chi connectivity index (χ1v) is 7.01. The van der Waals surface area contributed by atoms with Gasteiger partial charge in [0.25, 0.3) is 0 Å². The number of benzene rings is 2. The van der Waals surface area contributed by atoms with Gasteiger partial charge in [0.05, 0.1) is 0 Å². The van der Waals surface area contributed by atoms with E-state index in [-0.39, 0.29) is 6.42 Å². The van der Waals surface area contributed by atoms with Crippen LogP contribution in [0, 0.1) is 0 Å². The Kier molecular flexibility index (Phi) is 4.74. The van der Waals surface area contributed by atoms with E-state index in [4.69, 9.17) is 5.11 Å². The second kappa shape index (κ2) is 6.53. The first-order chi connectivity index (χ1) is 9.15. The van der Waals surface area contributed by atoms with Crippen molar-refractivity contribution in [3.05, 3.63) is 58.6 Å². The molecule has 2 nitrogen and oxygen atoms in total. The third kappa shape index (κ3) is 4.21. The van der Waals surface area contributed by atoms with Crippen LogP contribution in [0.1, 0.15) is 18.4 Å². The molecular weight excluding hydrogens is 304 g/mol. The standard InChI is InChI=1S/C16H15BrO2/c17-15-10-8-14(9-11-15)13-6-4-12(5-7-13)2-1-3-16(18)19/h4-11H,1-3H2,(H,18,19). The van der Waals surface area contributed by atoms with E-state index in [2.05, 4.69) is 52.3 Å². The van der Waals surface area contributed by atoms with E-state index < -0.39 is 5.97 Å². The highest BCUT2D eigenvalue weighted by Crippen LogP contribution is 2.22. The van der Waals surface area contributed by atoms with Gasteiger partial charge in [-0.05, 0) is 41.7 Å². The molecule has 0 amide bonds. The van der Waals surface area contributed by atoms with Crippen molar-refractivity contribution in [2.45, 2.75) is 19.3 Å². The molecule has 0 radical (unpaired) electrons. The van der Waals surface area contributed by atoms with Gasteiger partial charge < -0.3 is 5.11 Å². The molecule has 0 fully saturated rings. The van der Waals surface area contributed by atoms with E-state index in [1.165, 1.54) is 16.7 Å². The molecule has 0 aromatic heterocycles. The summed E-state index contributed by atoms with van der Waals surface area (Å²) in [6.45, 7) is 0. The van der Waals surface area contributed by atoms with Gasteiger partial charge in [0, 0.05) is 10.9 Å². The van der Waals surface area contributed by atoms with Gasteiger partial charge in [-0.25, -0.2) is 0 Å². The van der Waals surface area contributed by atoms with Gasteiger partial charge in [-0.2, -0.15) is 0 Å².